The highest BCUT2D eigenvalue weighted by molar-refractivity contribution is 5.22. The fourth-order valence-electron chi connectivity index (χ4n) is 1.54. The summed E-state index contributed by atoms with van der Waals surface area (Å²) in [6.45, 7) is 6.15. The highest BCUT2D eigenvalue weighted by atomic mass is 15.1. The summed E-state index contributed by atoms with van der Waals surface area (Å²) in [6, 6.07) is 3.88. The Bertz CT molecular complexity index is 531. The van der Waals surface area contributed by atoms with Crippen LogP contribution < -0.4 is 5.73 Å². The third-order valence-electron chi connectivity index (χ3n) is 2.45. The minimum absolute atomic E-state index is 0.138. The molecule has 5 heteroatoms. The van der Waals surface area contributed by atoms with E-state index in [4.69, 9.17) is 5.73 Å². The Hall–Kier alpha value is -2.04. The second kappa shape index (κ2) is 4.68. The van der Waals surface area contributed by atoms with Crippen LogP contribution in [-0.4, -0.2) is 19.9 Å². The molecule has 0 aliphatic rings. The molecule has 2 heterocycles. The lowest BCUT2D eigenvalue weighted by Crippen LogP contribution is -2.19. The van der Waals surface area contributed by atoms with Crippen LogP contribution in [0.2, 0.25) is 0 Å². The molecule has 0 amide bonds. The first-order chi connectivity index (χ1) is 8.45. The molecule has 0 fully saturated rings. The summed E-state index contributed by atoms with van der Waals surface area (Å²) in [5.74, 6) is 1.67. The Morgan fingerprint density at radius 1 is 1.17 bits per heavy atom. The molecule has 2 rings (SSSR count). The van der Waals surface area contributed by atoms with Gasteiger partial charge in [0.1, 0.15) is 11.6 Å². The van der Waals surface area contributed by atoms with Crippen LogP contribution in [0, 0.1) is 0 Å². The van der Waals surface area contributed by atoms with Gasteiger partial charge in [-0.15, -0.1) is 0 Å². The van der Waals surface area contributed by atoms with Crippen LogP contribution >= 0.6 is 0 Å². The van der Waals surface area contributed by atoms with Gasteiger partial charge in [-0.05, 0) is 11.6 Å². The van der Waals surface area contributed by atoms with E-state index in [1.54, 1.807) is 12.4 Å². The van der Waals surface area contributed by atoms with Crippen LogP contribution in [0.5, 0.6) is 0 Å². The average Bonchev–Trinajstić information content (AvgIpc) is 2.28. The quantitative estimate of drug-likeness (QED) is 0.869. The smallest absolute Gasteiger partial charge is 0.223 e. The predicted octanol–water partition coefficient (Wildman–Crippen LogP) is 1.74. The van der Waals surface area contributed by atoms with Gasteiger partial charge in [-0.1, -0.05) is 26.8 Å². The van der Waals surface area contributed by atoms with Gasteiger partial charge in [0.05, 0.1) is 0 Å². The summed E-state index contributed by atoms with van der Waals surface area (Å²) in [7, 11) is 0. The third-order valence-corrected chi connectivity index (χ3v) is 2.45. The molecule has 0 bridgehead atoms. The van der Waals surface area contributed by atoms with Gasteiger partial charge in [-0.3, -0.25) is 4.98 Å². The number of aromatic nitrogens is 4. The van der Waals surface area contributed by atoms with E-state index < -0.39 is 0 Å². The van der Waals surface area contributed by atoms with Crippen molar-refractivity contribution in [1.29, 1.82) is 0 Å². The van der Waals surface area contributed by atoms with Crippen molar-refractivity contribution >= 4 is 5.95 Å². The van der Waals surface area contributed by atoms with Crippen LogP contribution in [0.15, 0.2) is 24.5 Å². The molecular formula is C13H17N5. The second-order valence-electron chi connectivity index (χ2n) is 5.22. The molecule has 0 saturated carbocycles. The summed E-state index contributed by atoms with van der Waals surface area (Å²) in [5.41, 5.74) is 6.65. The minimum atomic E-state index is -0.138. The second-order valence-corrected chi connectivity index (χ2v) is 5.22. The first-order valence-electron chi connectivity index (χ1n) is 5.85. The van der Waals surface area contributed by atoms with Crippen molar-refractivity contribution in [2.24, 2.45) is 0 Å². The maximum Gasteiger partial charge on any atom is 0.223 e. The minimum Gasteiger partial charge on any atom is -0.368 e. The largest absolute Gasteiger partial charge is 0.368 e. The molecule has 94 valence electrons. The van der Waals surface area contributed by atoms with E-state index in [0.717, 1.165) is 5.56 Å². The maximum absolute atomic E-state index is 5.73. The van der Waals surface area contributed by atoms with Gasteiger partial charge < -0.3 is 5.73 Å². The fraction of sp³-hybridized carbons (Fsp3) is 0.385. The summed E-state index contributed by atoms with van der Waals surface area (Å²) in [5, 5.41) is 0. The predicted molar refractivity (Wildman–Crippen MR) is 70.0 cm³/mol. The van der Waals surface area contributed by atoms with Crippen LogP contribution in [0.3, 0.4) is 0 Å². The Balaban J connectivity index is 2.32. The molecule has 0 saturated heterocycles. The van der Waals surface area contributed by atoms with Crippen LogP contribution in [0.25, 0.3) is 0 Å². The number of hydrogen-bond donors (Lipinski definition) is 1. The summed E-state index contributed by atoms with van der Waals surface area (Å²) < 4.78 is 0. The van der Waals surface area contributed by atoms with Crippen molar-refractivity contribution in [3.63, 3.8) is 0 Å². The van der Waals surface area contributed by atoms with Crippen molar-refractivity contribution in [3.05, 3.63) is 41.7 Å². The zero-order valence-electron chi connectivity index (χ0n) is 10.9. The first kappa shape index (κ1) is 12.4. The van der Waals surface area contributed by atoms with Crippen molar-refractivity contribution in [2.45, 2.75) is 32.6 Å². The highest BCUT2D eigenvalue weighted by Crippen LogP contribution is 2.19. The van der Waals surface area contributed by atoms with Crippen molar-refractivity contribution in [1.82, 2.24) is 19.9 Å². The zero-order valence-corrected chi connectivity index (χ0v) is 10.9. The fourth-order valence-corrected chi connectivity index (χ4v) is 1.54. The van der Waals surface area contributed by atoms with Crippen molar-refractivity contribution < 1.29 is 0 Å². The van der Waals surface area contributed by atoms with Gasteiger partial charge in [-0.25, -0.2) is 4.98 Å². The van der Waals surface area contributed by atoms with Crippen LogP contribution in [0.4, 0.5) is 5.95 Å². The van der Waals surface area contributed by atoms with E-state index in [1.807, 2.05) is 12.1 Å². The monoisotopic (exact) mass is 243 g/mol. The van der Waals surface area contributed by atoms with Gasteiger partial charge >= 0.3 is 0 Å². The van der Waals surface area contributed by atoms with Gasteiger partial charge in [-0.2, -0.15) is 9.97 Å². The normalized spacial score (nSPS) is 11.5. The lowest BCUT2D eigenvalue weighted by Gasteiger charge is -2.17. The number of anilines is 1. The molecule has 0 aromatic carbocycles. The molecule has 0 radical (unpaired) electrons. The molecule has 0 aliphatic carbocycles. The van der Waals surface area contributed by atoms with E-state index >= 15 is 0 Å². The summed E-state index contributed by atoms with van der Waals surface area (Å²) in [6.07, 6.45) is 4.16. The molecule has 2 N–H and O–H groups in total. The standard InChI is InChI=1S/C13H17N5/c1-13(2,3)11-16-10(17-12(14)18-11)7-9-5-4-6-15-8-9/h4-6,8H,7H2,1-3H3,(H2,14,16,17,18). The molecule has 0 atom stereocenters. The summed E-state index contributed by atoms with van der Waals surface area (Å²) >= 11 is 0. The summed E-state index contributed by atoms with van der Waals surface area (Å²) in [4.78, 5) is 16.9. The van der Waals surface area contributed by atoms with E-state index in [2.05, 4.69) is 40.7 Å². The lowest BCUT2D eigenvalue weighted by atomic mass is 9.96. The molecule has 18 heavy (non-hydrogen) atoms. The van der Waals surface area contributed by atoms with Gasteiger partial charge in [0.25, 0.3) is 0 Å². The highest BCUT2D eigenvalue weighted by Gasteiger charge is 2.19. The number of nitrogens with zero attached hydrogens (tertiary/aromatic N) is 4. The van der Waals surface area contributed by atoms with E-state index in [-0.39, 0.29) is 11.4 Å². The van der Waals surface area contributed by atoms with Crippen LogP contribution in [0.1, 0.15) is 38.0 Å². The molecule has 0 unspecified atom stereocenters. The lowest BCUT2D eigenvalue weighted by molar-refractivity contribution is 0.538. The average molecular weight is 243 g/mol. The van der Waals surface area contributed by atoms with Gasteiger partial charge in [0, 0.05) is 24.2 Å². The molecule has 0 aliphatic heterocycles. The van der Waals surface area contributed by atoms with E-state index in [1.165, 1.54) is 0 Å². The zero-order chi connectivity index (χ0) is 13.2. The maximum atomic E-state index is 5.73. The first-order valence-corrected chi connectivity index (χ1v) is 5.85. The van der Waals surface area contributed by atoms with Crippen LogP contribution in [-0.2, 0) is 11.8 Å². The van der Waals surface area contributed by atoms with Crippen molar-refractivity contribution in [2.75, 3.05) is 5.73 Å². The number of nitrogens with two attached hydrogens (primary N) is 1. The Morgan fingerprint density at radius 3 is 2.56 bits per heavy atom. The van der Waals surface area contributed by atoms with Gasteiger partial charge in [0.2, 0.25) is 5.95 Å². The Labute approximate surface area is 107 Å². The Kier molecular flexibility index (Phi) is 3.23. The third kappa shape index (κ3) is 3.00. The molecular weight excluding hydrogens is 226 g/mol. The Morgan fingerprint density at radius 2 is 1.94 bits per heavy atom. The number of nitrogen functional groups attached to an aromatic ring is 1. The number of rotatable bonds is 2. The molecule has 2 aromatic heterocycles. The van der Waals surface area contributed by atoms with E-state index in [9.17, 15) is 0 Å². The number of pyridine rings is 1. The molecule has 5 nitrogen and oxygen atoms in total. The SMILES string of the molecule is CC(C)(C)c1nc(N)nc(Cc2cccnc2)n1. The number of hydrogen-bond acceptors (Lipinski definition) is 5. The molecule has 2 aromatic rings. The molecule has 0 spiro atoms. The van der Waals surface area contributed by atoms with E-state index in [0.29, 0.717) is 18.1 Å². The topological polar surface area (TPSA) is 77.6 Å². The van der Waals surface area contributed by atoms with Gasteiger partial charge in [0.15, 0.2) is 0 Å². The van der Waals surface area contributed by atoms with Crippen molar-refractivity contribution in [3.8, 4) is 0 Å².